The fourth-order valence-electron chi connectivity index (χ4n) is 2.81. The van der Waals surface area contributed by atoms with E-state index in [2.05, 4.69) is 21.2 Å². The first kappa shape index (κ1) is 13.6. The van der Waals surface area contributed by atoms with Gasteiger partial charge in [0, 0.05) is 23.1 Å². The van der Waals surface area contributed by atoms with Gasteiger partial charge in [-0.3, -0.25) is 9.59 Å². The molecule has 4 nitrogen and oxygen atoms in total. The Morgan fingerprint density at radius 2 is 1.90 bits per heavy atom. The summed E-state index contributed by atoms with van der Waals surface area (Å²) in [4.78, 5) is 26.5. The van der Waals surface area contributed by atoms with Gasteiger partial charge in [-0.15, -0.1) is 0 Å². The predicted molar refractivity (Wildman–Crippen MR) is 80.4 cm³/mol. The number of amides is 2. The van der Waals surface area contributed by atoms with Gasteiger partial charge in [-0.2, -0.15) is 0 Å². The highest BCUT2D eigenvalue weighted by molar-refractivity contribution is 9.10. The van der Waals surface area contributed by atoms with Gasteiger partial charge in [0.2, 0.25) is 5.91 Å². The normalized spacial score (nSPS) is 27.2. The lowest BCUT2D eigenvalue weighted by atomic mass is 9.94. The van der Waals surface area contributed by atoms with Crippen molar-refractivity contribution >= 4 is 33.4 Å². The maximum atomic E-state index is 12.9. The molecule has 0 radical (unpaired) electrons. The number of hydrogen-bond donors (Lipinski definition) is 1. The topological polar surface area (TPSA) is 49.4 Å². The summed E-state index contributed by atoms with van der Waals surface area (Å²) in [6.45, 7) is 2.30. The molecule has 1 unspecified atom stereocenters. The van der Waals surface area contributed by atoms with E-state index in [-0.39, 0.29) is 17.7 Å². The van der Waals surface area contributed by atoms with E-state index in [1.165, 1.54) is 0 Å². The van der Waals surface area contributed by atoms with E-state index < -0.39 is 5.54 Å². The molecule has 0 bridgehead atoms. The third-order valence-electron chi connectivity index (χ3n) is 4.18. The van der Waals surface area contributed by atoms with E-state index in [0.29, 0.717) is 13.0 Å². The van der Waals surface area contributed by atoms with Crippen LogP contribution in [0.2, 0.25) is 0 Å². The summed E-state index contributed by atoms with van der Waals surface area (Å²) >= 11 is 3.40. The number of benzene rings is 1. The minimum absolute atomic E-state index is 0.00757. The Morgan fingerprint density at radius 1 is 1.25 bits per heavy atom. The molecule has 1 aliphatic carbocycles. The standard InChI is InChI=1S/C15H17BrN2O2/c1-15(10-2-3-10)14(20)18(9-8-13(19)17-15)12-6-4-11(16)5-7-12/h4-7,10H,2-3,8-9H2,1H3,(H,17,19). The molecule has 2 fully saturated rings. The molecule has 1 atom stereocenters. The Morgan fingerprint density at radius 3 is 2.50 bits per heavy atom. The zero-order chi connectivity index (χ0) is 14.3. The lowest BCUT2D eigenvalue weighted by Gasteiger charge is -2.32. The Hall–Kier alpha value is -1.36. The van der Waals surface area contributed by atoms with E-state index in [0.717, 1.165) is 23.0 Å². The highest BCUT2D eigenvalue weighted by Crippen LogP contribution is 2.42. The highest BCUT2D eigenvalue weighted by Gasteiger charge is 2.51. The van der Waals surface area contributed by atoms with Crippen LogP contribution < -0.4 is 10.2 Å². The van der Waals surface area contributed by atoms with Crippen molar-refractivity contribution in [3.63, 3.8) is 0 Å². The highest BCUT2D eigenvalue weighted by atomic mass is 79.9. The van der Waals surface area contributed by atoms with Crippen LogP contribution in [0.5, 0.6) is 0 Å². The maximum Gasteiger partial charge on any atom is 0.252 e. The molecule has 1 aromatic rings. The Balaban J connectivity index is 1.95. The number of carbonyl (C=O) groups excluding carboxylic acids is 2. The molecule has 1 heterocycles. The molecule has 1 saturated carbocycles. The van der Waals surface area contributed by atoms with Crippen LogP contribution in [0, 0.1) is 5.92 Å². The van der Waals surface area contributed by atoms with E-state index in [1.54, 1.807) is 4.90 Å². The smallest absolute Gasteiger partial charge is 0.252 e. The Labute approximate surface area is 126 Å². The SMILES string of the molecule is CC1(C2CC2)NC(=O)CCN(c2ccc(Br)cc2)C1=O. The second-order valence-electron chi connectivity index (χ2n) is 5.71. The van der Waals surface area contributed by atoms with Crippen molar-refractivity contribution < 1.29 is 9.59 Å². The van der Waals surface area contributed by atoms with Crippen LogP contribution in [0.3, 0.4) is 0 Å². The van der Waals surface area contributed by atoms with Gasteiger partial charge in [0.1, 0.15) is 5.54 Å². The van der Waals surface area contributed by atoms with Crippen LogP contribution in [-0.2, 0) is 9.59 Å². The molecule has 3 rings (SSSR count). The molecule has 0 spiro atoms. The van der Waals surface area contributed by atoms with Gasteiger partial charge in [0.25, 0.3) is 5.91 Å². The average molecular weight is 337 g/mol. The van der Waals surface area contributed by atoms with E-state index >= 15 is 0 Å². The fourth-order valence-corrected chi connectivity index (χ4v) is 3.07. The molecule has 1 saturated heterocycles. The first-order valence-electron chi connectivity index (χ1n) is 6.89. The van der Waals surface area contributed by atoms with Gasteiger partial charge in [-0.25, -0.2) is 0 Å². The van der Waals surface area contributed by atoms with Crippen LogP contribution >= 0.6 is 15.9 Å². The summed E-state index contributed by atoms with van der Waals surface area (Å²) in [5.41, 5.74) is 0.0993. The number of halogens is 1. The van der Waals surface area contributed by atoms with Gasteiger partial charge < -0.3 is 10.2 Å². The lowest BCUT2D eigenvalue weighted by Crippen LogP contribution is -2.56. The van der Waals surface area contributed by atoms with Crippen LogP contribution in [-0.4, -0.2) is 23.9 Å². The first-order chi connectivity index (χ1) is 9.50. The van der Waals surface area contributed by atoms with Gasteiger partial charge in [-0.1, -0.05) is 15.9 Å². The van der Waals surface area contributed by atoms with Crippen molar-refractivity contribution in [2.75, 3.05) is 11.4 Å². The molecule has 5 heteroatoms. The molecule has 1 aliphatic heterocycles. The molecule has 20 heavy (non-hydrogen) atoms. The summed E-state index contributed by atoms with van der Waals surface area (Å²) in [6.07, 6.45) is 2.37. The number of anilines is 1. The number of hydrogen-bond acceptors (Lipinski definition) is 2. The zero-order valence-electron chi connectivity index (χ0n) is 11.4. The minimum Gasteiger partial charge on any atom is -0.342 e. The summed E-state index contributed by atoms with van der Waals surface area (Å²) < 4.78 is 0.975. The quantitative estimate of drug-likeness (QED) is 0.901. The van der Waals surface area contributed by atoms with Crippen LogP contribution in [0.1, 0.15) is 26.2 Å². The van der Waals surface area contributed by atoms with Crippen molar-refractivity contribution in [2.24, 2.45) is 5.92 Å². The van der Waals surface area contributed by atoms with Crippen LogP contribution in [0.4, 0.5) is 5.69 Å². The molecule has 106 valence electrons. The second-order valence-corrected chi connectivity index (χ2v) is 6.62. The van der Waals surface area contributed by atoms with Gasteiger partial charge in [0.05, 0.1) is 0 Å². The number of carbonyl (C=O) groups is 2. The van der Waals surface area contributed by atoms with E-state index in [9.17, 15) is 9.59 Å². The van der Waals surface area contributed by atoms with Crippen molar-refractivity contribution in [3.05, 3.63) is 28.7 Å². The molecular formula is C15H17BrN2O2. The summed E-state index contributed by atoms with van der Waals surface area (Å²) in [5.74, 6) is 0.246. The Kier molecular flexibility index (Phi) is 3.32. The third-order valence-corrected chi connectivity index (χ3v) is 4.71. The predicted octanol–water partition coefficient (Wildman–Crippen LogP) is 2.47. The number of rotatable bonds is 2. The van der Waals surface area contributed by atoms with Crippen molar-refractivity contribution in [3.8, 4) is 0 Å². The van der Waals surface area contributed by atoms with Crippen molar-refractivity contribution in [1.29, 1.82) is 0 Å². The van der Waals surface area contributed by atoms with Gasteiger partial charge in [-0.05, 0) is 49.9 Å². The average Bonchev–Trinajstić information content (AvgIpc) is 3.24. The summed E-state index contributed by atoms with van der Waals surface area (Å²) in [7, 11) is 0. The number of nitrogens with zero attached hydrogens (tertiary/aromatic N) is 1. The van der Waals surface area contributed by atoms with Crippen molar-refractivity contribution in [2.45, 2.75) is 31.7 Å². The molecule has 1 aromatic carbocycles. The fraction of sp³-hybridized carbons (Fsp3) is 0.467. The second kappa shape index (κ2) is 4.88. The molecule has 0 aromatic heterocycles. The van der Waals surface area contributed by atoms with Crippen LogP contribution in [0.25, 0.3) is 0 Å². The van der Waals surface area contributed by atoms with Crippen molar-refractivity contribution in [1.82, 2.24) is 5.32 Å². The van der Waals surface area contributed by atoms with Gasteiger partial charge >= 0.3 is 0 Å². The number of nitrogens with one attached hydrogen (secondary N) is 1. The van der Waals surface area contributed by atoms with E-state index in [1.807, 2.05) is 31.2 Å². The minimum atomic E-state index is -0.749. The first-order valence-corrected chi connectivity index (χ1v) is 7.68. The molecule has 2 aliphatic rings. The maximum absolute atomic E-state index is 12.9. The molecular weight excluding hydrogens is 320 g/mol. The molecule has 2 amide bonds. The van der Waals surface area contributed by atoms with Gasteiger partial charge in [0.15, 0.2) is 0 Å². The lowest BCUT2D eigenvalue weighted by molar-refractivity contribution is -0.130. The monoisotopic (exact) mass is 336 g/mol. The molecule has 1 N–H and O–H groups in total. The van der Waals surface area contributed by atoms with Crippen LogP contribution in [0.15, 0.2) is 28.7 Å². The summed E-state index contributed by atoms with van der Waals surface area (Å²) in [6, 6.07) is 7.64. The van der Waals surface area contributed by atoms with E-state index in [4.69, 9.17) is 0 Å². The Bertz CT molecular complexity index is 553. The summed E-state index contributed by atoms with van der Waals surface area (Å²) in [5, 5.41) is 2.94. The largest absolute Gasteiger partial charge is 0.342 e. The third kappa shape index (κ3) is 2.35. The zero-order valence-corrected chi connectivity index (χ0v) is 12.9.